The summed E-state index contributed by atoms with van der Waals surface area (Å²) >= 11 is 0. The highest BCUT2D eigenvalue weighted by Gasteiger charge is 2.10. The molecule has 0 bridgehead atoms. The Morgan fingerprint density at radius 3 is 3.21 bits per heavy atom. The molecule has 94 valence electrons. The van der Waals surface area contributed by atoms with Gasteiger partial charge in [0.1, 0.15) is 5.65 Å². The van der Waals surface area contributed by atoms with E-state index in [0.29, 0.717) is 6.42 Å². The van der Waals surface area contributed by atoms with Crippen molar-refractivity contribution in [1.29, 1.82) is 5.26 Å². The predicted molar refractivity (Wildman–Crippen MR) is 72.3 cm³/mol. The van der Waals surface area contributed by atoms with Gasteiger partial charge in [0.15, 0.2) is 0 Å². The van der Waals surface area contributed by atoms with E-state index in [0.717, 1.165) is 22.2 Å². The van der Waals surface area contributed by atoms with Crippen molar-refractivity contribution >= 4 is 11.0 Å². The summed E-state index contributed by atoms with van der Waals surface area (Å²) in [5.74, 6) is 0. The molecule has 0 saturated heterocycles. The second-order valence-electron chi connectivity index (χ2n) is 4.52. The van der Waals surface area contributed by atoms with Crippen LogP contribution in [0.25, 0.3) is 22.2 Å². The molecule has 0 aliphatic heterocycles. The second kappa shape index (κ2) is 4.58. The van der Waals surface area contributed by atoms with Crippen LogP contribution in [0.5, 0.6) is 0 Å². The molecule has 5 heteroatoms. The van der Waals surface area contributed by atoms with E-state index in [1.165, 1.54) is 0 Å². The molecule has 0 amide bonds. The number of rotatable bonds is 3. The molecule has 19 heavy (non-hydrogen) atoms. The molecule has 3 rings (SSSR count). The molecule has 0 fully saturated rings. The van der Waals surface area contributed by atoms with Gasteiger partial charge in [-0.1, -0.05) is 0 Å². The van der Waals surface area contributed by atoms with Crippen molar-refractivity contribution < 1.29 is 0 Å². The summed E-state index contributed by atoms with van der Waals surface area (Å²) in [6, 6.07) is 6.24. The second-order valence-corrected chi connectivity index (χ2v) is 4.52. The molecule has 1 N–H and O–H groups in total. The molecule has 0 spiro atoms. The molecule has 3 aromatic heterocycles. The number of hydrogen-bond acceptors (Lipinski definition) is 3. The number of nitrogens with zero attached hydrogens (tertiary/aromatic N) is 4. The molecule has 0 aliphatic carbocycles. The Hall–Kier alpha value is -2.61. The lowest BCUT2D eigenvalue weighted by Crippen LogP contribution is -2.03. The summed E-state index contributed by atoms with van der Waals surface area (Å²) in [5, 5.41) is 14.1. The first-order valence-corrected chi connectivity index (χ1v) is 6.13. The molecule has 0 unspecified atom stereocenters. The number of pyridine rings is 1. The minimum Gasteiger partial charge on any atom is -0.346 e. The Kier molecular flexibility index (Phi) is 2.76. The fourth-order valence-corrected chi connectivity index (χ4v) is 2.16. The van der Waals surface area contributed by atoms with E-state index in [1.54, 1.807) is 6.20 Å². The molecule has 0 aromatic carbocycles. The summed E-state index contributed by atoms with van der Waals surface area (Å²) in [4.78, 5) is 7.37. The van der Waals surface area contributed by atoms with E-state index >= 15 is 0 Å². The SMILES string of the molecule is C[C@H](CC#N)n1cc(-c2ccnc3[nH]ccc23)cn1. The van der Waals surface area contributed by atoms with Crippen LogP contribution in [0.3, 0.4) is 0 Å². The Morgan fingerprint density at radius 2 is 2.37 bits per heavy atom. The largest absolute Gasteiger partial charge is 0.346 e. The average molecular weight is 251 g/mol. The molecular formula is C14H13N5. The summed E-state index contributed by atoms with van der Waals surface area (Å²) in [6.07, 6.45) is 7.92. The van der Waals surface area contributed by atoms with Gasteiger partial charge in [0.25, 0.3) is 0 Å². The van der Waals surface area contributed by atoms with Gasteiger partial charge in [0, 0.05) is 29.5 Å². The normalized spacial score (nSPS) is 12.4. The van der Waals surface area contributed by atoms with Crippen LogP contribution in [-0.2, 0) is 0 Å². The number of nitriles is 1. The van der Waals surface area contributed by atoms with Crippen LogP contribution in [0.4, 0.5) is 0 Å². The van der Waals surface area contributed by atoms with Crippen LogP contribution >= 0.6 is 0 Å². The van der Waals surface area contributed by atoms with Crippen LogP contribution in [-0.4, -0.2) is 19.7 Å². The minimum absolute atomic E-state index is 0.0855. The highest BCUT2D eigenvalue weighted by Crippen LogP contribution is 2.27. The Labute approximate surface area is 110 Å². The first kappa shape index (κ1) is 11.5. The lowest BCUT2D eigenvalue weighted by atomic mass is 10.1. The van der Waals surface area contributed by atoms with E-state index < -0.39 is 0 Å². The van der Waals surface area contributed by atoms with Gasteiger partial charge in [-0.2, -0.15) is 10.4 Å². The maximum absolute atomic E-state index is 8.73. The van der Waals surface area contributed by atoms with Crippen molar-refractivity contribution in [2.75, 3.05) is 0 Å². The van der Waals surface area contributed by atoms with E-state index in [2.05, 4.69) is 21.1 Å². The van der Waals surface area contributed by atoms with Gasteiger partial charge >= 0.3 is 0 Å². The van der Waals surface area contributed by atoms with Crippen molar-refractivity contribution in [2.45, 2.75) is 19.4 Å². The number of fused-ring (bicyclic) bond motifs is 1. The van der Waals surface area contributed by atoms with Crippen molar-refractivity contribution in [3.63, 3.8) is 0 Å². The van der Waals surface area contributed by atoms with Crippen LogP contribution in [0.2, 0.25) is 0 Å². The maximum Gasteiger partial charge on any atom is 0.137 e. The van der Waals surface area contributed by atoms with Gasteiger partial charge in [0.2, 0.25) is 0 Å². The average Bonchev–Trinajstić information content (AvgIpc) is 3.07. The van der Waals surface area contributed by atoms with Crippen LogP contribution in [0, 0.1) is 11.3 Å². The minimum atomic E-state index is 0.0855. The Balaban J connectivity index is 2.03. The zero-order valence-corrected chi connectivity index (χ0v) is 10.5. The third-order valence-electron chi connectivity index (χ3n) is 3.21. The zero-order chi connectivity index (χ0) is 13.2. The molecule has 3 heterocycles. The van der Waals surface area contributed by atoms with Crippen LogP contribution < -0.4 is 0 Å². The fourth-order valence-electron chi connectivity index (χ4n) is 2.16. The van der Waals surface area contributed by atoms with Gasteiger partial charge < -0.3 is 4.98 Å². The third kappa shape index (κ3) is 1.97. The van der Waals surface area contributed by atoms with Crippen LogP contribution in [0.1, 0.15) is 19.4 Å². The number of H-pyrrole nitrogens is 1. The third-order valence-corrected chi connectivity index (χ3v) is 3.21. The lowest BCUT2D eigenvalue weighted by Gasteiger charge is -2.06. The molecule has 0 aliphatic rings. The quantitative estimate of drug-likeness (QED) is 0.778. The molecule has 5 nitrogen and oxygen atoms in total. The van der Waals surface area contributed by atoms with E-state index in [-0.39, 0.29) is 6.04 Å². The van der Waals surface area contributed by atoms with Gasteiger partial charge in [0.05, 0.1) is 24.7 Å². The fraction of sp³-hybridized carbons (Fsp3) is 0.214. The van der Waals surface area contributed by atoms with Gasteiger partial charge in [-0.3, -0.25) is 4.68 Å². The molecule has 3 aromatic rings. The lowest BCUT2D eigenvalue weighted by molar-refractivity contribution is 0.500. The Bertz CT molecular complexity index is 746. The summed E-state index contributed by atoms with van der Waals surface area (Å²) in [5.41, 5.74) is 3.01. The highest BCUT2D eigenvalue weighted by molar-refractivity contribution is 5.92. The monoisotopic (exact) mass is 251 g/mol. The predicted octanol–water partition coefficient (Wildman–Crippen LogP) is 2.90. The van der Waals surface area contributed by atoms with E-state index in [9.17, 15) is 0 Å². The highest BCUT2D eigenvalue weighted by atomic mass is 15.3. The number of hydrogen-bond donors (Lipinski definition) is 1. The van der Waals surface area contributed by atoms with Crippen LogP contribution in [0.15, 0.2) is 36.9 Å². The molecule has 0 saturated carbocycles. The molecular weight excluding hydrogens is 238 g/mol. The summed E-state index contributed by atoms with van der Waals surface area (Å²) in [6.45, 7) is 1.98. The standard InChI is InChI=1S/C14H13N5/c1-10(2-5-15)19-9-11(8-18-19)12-3-6-16-14-13(12)4-7-17-14/h3-4,6-10H,2H2,1H3,(H,16,17)/t10-/m1/s1. The van der Waals surface area contributed by atoms with Gasteiger partial charge in [-0.15, -0.1) is 0 Å². The first-order chi connectivity index (χ1) is 9.29. The Morgan fingerprint density at radius 1 is 1.47 bits per heavy atom. The summed E-state index contributed by atoms with van der Waals surface area (Å²) in [7, 11) is 0. The van der Waals surface area contributed by atoms with Crippen molar-refractivity contribution in [2.24, 2.45) is 0 Å². The van der Waals surface area contributed by atoms with E-state index in [4.69, 9.17) is 5.26 Å². The maximum atomic E-state index is 8.73. The summed E-state index contributed by atoms with van der Waals surface area (Å²) < 4.78 is 1.83. The van der Waals surface area contributed by atoms with Gasteiger partial charge in [-0.05, 0) is 24.6 Å². The number of aromatic nitrogens is 4. The topological polar surface area (TPSA) is 70.3 Å². The number of nitrogens with one attached hydrogen (secondary N) is 1. The number of aromatic amines is 1. The van der Waals surface area contributed by atoms with Crippen molar-refractivity contribution in [3.05, 3.63) is 36.9 Å². The van der Waals surface area contributed by atoms with Crippen molar-refractivity contribution in [3.8, 4) is 17.2 Å². The zero-order valence-electron chi connectivity index (χ0n) is 10.5. The smallest absolute Gasteiger partial charge is 0.137 e. The molecule has 0 radical (unpaired) electrons. The molecule has 1 atom stereocenters. The first-order valence-electron chi connectivity index (χ1n) is 6.13. The van der Waals surface area contributed by atoms with E-state index in [1.807, 2.05) is 42.3 Å². The van der Waals surface area contributed by atoms with Gasteiger partial charge in [-0.25, -0.2) is 4.98 Å². The van der Waals surface area contributed by atoms with Crippen molar-refractivity contribution in [1.82, 2.24) is 19.7 Å².